The van der Waals surface area contributed by atoms with Crippen LogP contribution in [0.5, 0.6) is 0 Å². The van der Waals surface area contributed by atoms with E-state index in [4.69, 9.17) is 5.26 Å². The van der Waals surface area contributed by atoms with Crippen molar-refractivity contribution in [3.63, 3.8) is 0 Å². The van der Waals surface area contributed by atoms with E-state index in [1.807, 2.05) is 48.1 Å². The molecule has 0 aliphatic heterocycles. The van der Waals surface area contributed by atoms with Gasteiger partial charge in [0.1, 0.15) is 5.82 Å². The first-order valence-corrected chi connectivity index (χ1v) is 9.25. The fourth-order valence-corrected chi connectivity index (χ4v) is 2.95. The van der Waals surface area contributed by atoms with Crippen molar-refractivity contribution >= 4 is 11.9 Å². The number of carbonyl (C=O) groups excluding carboxylic acids is 2. The summed E-state index contributed by atoms with van der Waals surface area (Å²) in [6, 6.07) is 11.3. The number of carbonyl (C=O) groups is 2. The van der Waals surface area contributed by atoms with Gasteiger partial charge >= 0.3 is 6.03 Å². The third-order valence-electron chi connectivity index (χ3n) is 4.88. The lowest BCUT2D eigenvalue weighted by Gasteiger charge is -2.19. The van der Waals surface area contributed by atoms with Crippen LogP contribution in [0.15, 0.2) is 42.7 Å². The zero-order chi connectivity index (χ0) is 20.0. The lowest BCUT2D eigenvalue weighted by Crippen LogP contribution is -2.44. The fourth-order valence-electron chi connectivity index (χ4n) is 2.95. The highest BCUT2D eigenvalue weighted by atomic mass is 16.2. The summed E-state index contributed by atoms with van der Waals surface area (Å²) in [5.41, 5.74) is 0.663. The number of hydrogen-bond donors (Lipinski definition) is 3. The number of hydrogen-bond acceptors (Lipinski definition) is 4. The molecule has 28 heavy (non-hydrogen) atoms. The van der Waals surface area contributed by atoms with Crippen LogP contribution in [0.3, 0.4) is 0 Å². The second-order valence-electron chi connectivity index (χ2n) is 7.13. The maximum absolute atomic E-state index is 12.3. The number of aryl methyl sites for hydroxylation is 1. The quantitative estimate of drug-likeness (QED) is 0.643. The SMILES string of the molecule is Cn1ccnc1C(Cc1ccccc1)NC(=O)NCC(=O)NCC1(C#N)CC1. The Labute approximate surface area is 164 Å². The second kappa shape index (κ2) is 8.57. The number of nitrogens with one attached hydrogen (secondary N) is 3. The van der Waals surface area contributed by atoms with Crippen LogP contribution >= 0.6 is 0 Å². The fraction of sp³-hybridized carbons (Fsp3) is 0.400. The normalized spacial score (nSPS) is 15.1. The maximum Gasteiger partial charge on any atom is 0.315 e. The first-order valence-electron chi connectivity index (χ1n) is 9.25. The summed E-state index contributed by atoms with van der Waals surface area (Å²) in [6.07, 6.45) is 5.70. The highest BCUT2D eigenvalue weighted by Gasteiger charge is 2.43. The van der Waals surface area contributed by atoms with Crippen molar-refractivity contribution < 1.29 is 9.59 Å². The van der Waals surface area contributed by atoms with Crippen molar-refractivity contribution in [2.45, 2.75) is 25.3 Å². The topological polar surface area (TPSA) is 112 Å². The maximum atomic E-state index is 12.3. The Balaban J connectivity index is 1.53. The molecule has 1 saturated carbocycles. The molecule has 146 valence electrons. The van der Waals surface area contributed by atoms with Gasteiger partial charge in [-0.05, 0) is 24.8 Å². The number of rotatable bonds is 8. The monoisotopic (exact) mass is 380 g/mol. The first kappa shape index (κ1) is 19.4. The highest BCUT2D eigenvalue weighted by Crippen LogP contribution is 2.43. The molecule has 8 heteroatoms. The van der Waals surface area contributed by atoms with Crippen molar-refractivity contribution in [1.29, 1.82) is 5.26 Å². The molecule has 1 atom stereocenters. The van der Waals surface area contributed by atoms with Crippen molar-refractivity contribution in [2.24, 2.45) is 12.5 Å². The van der Waals surface area contributed by atoms with E-state index in [-0.39, 0.29) is 18.5 Å². The lowest BCUT2D eigenvalue weighted by molar-refractivity contribution is -0.120. The zero-order valence-electron chi connectivity index (χ0n) is 15.8. The summed E-state index contributed by atoms with van der Waals surface area (Å²) in [4.78, 5) is 28.6. The molecule has 0 bridgehead atoms. The molecule has 3 N–H and O–H groups in total. The van der Waals surface area contributed by atoms with E-state index in [0.29, 0.717) is 13.0 Å². The number of imidazole rings is 1. The minimum atomic E-state index is -0.444. The Hall–Kier alpha value is -3.34. The van der Waals surface area contributed by atoms with Gasteiger partial charge in [-0.2, -0.15) is 5.26 Å². The average molecular weight is 380 g/mol. The first-order chi connectivity index (χ1) is 13.5. The Morgan fingerprint density at radius 3 is 2.64 bits per heavy atom. The van der Waals surface area contributed by atoms with Crippen LogP contribution in [0.2, 0.25) is 0 Å². The molecule has 1 fully saturated rings. The highest BCUT2D eigenvalue weighted by molar-refractivity contribution is 5.84. The molecular weight excluding hydrogens is 356 g/mol. The van der Waals surface area contributed by atoms with Gasteiger partial charge in [0.2, 0.25) is 5.91 Å². The summed E-state index contributed by atoms with van der Waals surface area (Å²) < 4.78 is 1.86. The molecule has 1 aromatic heterocycles. The predicted molar refractivity (Wildman–Crippen MR) is 103 cm³/mol. The van der Waals surface area contributed by atoms with Crippen LogP contribution in [-0.4, -0.2) is 34.6 Å². The van der Waals surface area contributed by atoms with E-state index in [9.17, 15) is 9.59 Å². The van der Waals surface area contributed by atoms with Crippen molar-refractivity contribution in [2.75, 3.05) is 13.1 Å². The summed E-state index contributed by atoms with van der Waals surface area (Å²) in [7, 11) is 1.87. The number of amides is 3. The number of urea groups is 1. The van der Waals surface area contributed by atoms with Gasteiger partial charge in [-0.1, -0.05) is 30.3 Å². The van der Waals surface area contributed by atoms with E-state index < -0.39 is 11.4 Å². The number of benzene rings is 1. The van der Waals surface area contributed by atoms with Gasteiger partial charge in [0, 0.05) is 26.0 Å². The van der Waals surface area contributed by atoms with Gasteiger partial charge in [-0.15, -0.1) is 0 Å². The number of nitrogens with zero attached hydrogens (tertiary/aromatic N) is 3. The molecular formula is C20H24N6O2. The molecule has 8 nitrogen and oxygen atoms in total. The molecule has 1 heterocycles. The Kier molecular flexibility index (Phi) is 5.94. The van der Waals surface area contributed by atoms with Crippen molar-refractivity contribution in [1.82, 2.24) is 25.5 Å². The van der Waals surface area contributed by atoms with Gasteiger partial charge in [0.25, 0.3) is 0 Å². The minimum Gasteiger partial charge on any atom is -0.353 e. The van der Waals surface area contributed by atoms with Gasteiger partial charge in [-0.3, -0.25) is 4.79 Å². The average Bonchev–Trinajstić information content (AvgIpc) is 3.37. The molecule has 3 rings (SSSR count). The smallest absolute Gasteiger partial charge is 0.315 e. The van der Waals surface area contributed by atoms with Gasteiger partial charge < -0.3 is 20.5 Å². The Morgan fingerprint density at radius 2 is 2.04 bits per heavy atom. The van der Waals surface area contributed by atoms with Gasteiger partial charge in [-0.25, -0.2) is 9.78 Å². The second-order valence-corrected chi connectivity index (χ2v) is 7.13. The summed E-state index contributed by atoms with van der Waals surface area (Å²) in [5.74, 6) is 0.418. The van der Waals surface area contributed by atoms with Crippen LogP contribution in [0.1, 0.15) is 30.3 Å². The van der Waals surface area contributed by atoms with Crippen LogP contribution in [0, 0.1) is 16.7 Å². The molecule has 0 saturated heterocycles. The standard InChI is InChI=1S/C20H24N6O2/c1-26-10-9-22-18(26)16(11-15-5-3-2-4-6-15)25-19(28)23-12-17(27)24-14-20(13-21)7-8-20/h2-6,9-10,16H,7-8,11-12,14H2,1H3,(H,24,27)(H2,23,25,28). The van der Waals surface area contributed by atoms with E-state index in [0.717, 1.165) is 24.2 Å². The minimum absolute atomic E-state index is 0.147. The zero-order valence-corrected chi connectivity index (χ0v) is 15.8. The van der Waals surface area contributed by atoms with E-state index >= 15 is 0 Å². The largest absolute Gasteiger partial charge is 0.353 e. The summed E-state index contributed by atoms with van der Waals surface area (Å²) in [5, 5.41) is 17.2. The van der Waals surface area contributed by atoms with E-state index in [1.54, 1.807) is 6.20 Å². The number of nitriles is 1. The molecule has 1 aliphatic carbocycles. The molecule has 3 amide bonds. The van der Waals surface area contributed by atoms with Crippen LogP contribution in [0.4, 0.5) is 4.79 Å². The Bertz CT molecular complexity index is 866. The summed E-state index contributed by atoms with van der Waals surface area (Å²) in [6.45, 7) is 0.182. The molecule has 1 unspecified atom stereocenters. The van der Waals surface area contributed by atoms with Crippen LogP contribution < -0.4 is 16.0 Å². The molecule has 0 radical (unpaired) electrons. The molecule has 0 spiro atoms. The summed E-state index contributed by atoms with van der Waals surface area (Å²) >= 11 is 0. The van der Waals surface area contributed by atoms with E-state index in [1.165, 1.54) is 0 Å². The van der Waals surface area contributed by atoms with Crippen molar-refractivity contribution in [3.05, 3.63) is 54.1 Å². The van der Waals surface area contributed by atoms with Crippen LogP contribution in [0.25, 0.3) is 0 Å². The molecule has 1 aliphatic rings. The van der Waals surface area contributed by atoms with Crippen molar-refractivity contribution in [3.8, 4) is 6.07 Å². The van der Waals surface area contributed by atoms with E-state index in [2.05, 4.69) is 27.0 Å². The predicted octanol–water partition coefficient (Wildman–Crippen LogP) is 1.42. The molecule has 2 aromatic rings. The lowest BCUT2D eigenvalue weighted by atomic mass is 10.1. The van der Waals surface area contributed by atoms with Gasteiger partial charge in [0.15, 0.2) is 0 Å². The third kappa shape index (κ3) is 5.10. The molecule has 1 aromatic carbocycles. The Morgan fingerprint density at radius 1 is 1.29 bits per heavy atom. The number of aromatic nitrogens is 2. The third-order valence-corrected chi connectivity index (χ3v) is 4.88. The van der Waals surface area contributed by atoms with Crippen LogP contribution in [-0.2, 0) is 18.3 Å². The van der Waals surface area contributed by atoms with Gasteiger partial charge in [0.05, 0.1) is 24.1 Å².